The molecule has 0 aromatic carbocycles. The Labute approximate surface area is 108 Å². The first-order chi connectivity index (χ1) is 8.43. The second-order valence-corrected chi connectivity index (χ2v) is 5.25. The van der Waals surface area contributed by atoms with Crippen molar-refractivity contribution in [3.63, 3.8) is 0 Å². The fraction of sp³-hybridized carbons (Fsp3) is 0.636. The number of hydrogen-bond donors (Lipinski definition) is 1. The first kappa shape index (κ1) is 13.3. The van der Waals surface area contributed by atoms with Crippen molar-refractivity contribution in [3.05, 3.63) is 31.8 Å². The molecule has 0 amide bonds. The molecule has 1 aromatic rings. The summed E-state index contributed by atoms with van der Waals surface area (Å²) in [5.41, 5.74) is -1.90. The molecule has 1 aliphatic heterocycles. The topological polar surface area (TPSA) is 64.1 Å². The van der Waals surface area contributed by atoms with E-state index in [4.69, 9.17) is 16.3 Å². The van der Waals surface area contributed by atoms with Gasteiger partial charge in [0.05, 0.1) is 0 Å². The standard InChI is InChI=1S/C11H14ClFN2O3/c1-11(2-4-18-5-3-11)6-15-9(16)7(13)8(12)14-10(15)17/h2-6H2,1H3,(H,14,17). The van der Waals surface area contributed by atoms with Gasteiger partial charge >= 0.3 is 5.69 Å². The Morgan fingerprint density at radius 2 is 2.06 bits per heavy atom. The van der Waals surface area contributed by atoms with Crippen LogP contribution in [0.3, 0.4) is 0 Å². The summed E-state index contributed by atoms with van der Waals surface area (Å²) in [7, 11) is 0. The van der Waals surface area contributed by atoms with Gasteiger partial charge in [-0.05, 0) is 18.3 Å². The third-order valence-corrected chi connectivity index (χ3v) is 3.59. The molecule has 0 saturated carbocycles. The lowest BCUT2D eigenvalue weighted by atomic mass is 9.82. The highest BCUT2D eigenvalue weighted by Gasteiger charge is 2.29. The van der Waals surface area contributed by atoms with E-state index in [-0.39, 0.29) is 12.0 Å². The zero-order chi connectivity index (χ0) is 13.3. The number of H-pyrrole nitrogens is 1. The minimum absolute atomic E-state index is 0.165. The number of aromatic nitrogens is 2. The second kappa shape index (κ2) is 4.85. The van der Waals surface area contributed by atoms with Crippen molar-refractivity contribution in [1.82, 2.24) is 9.55 Å². The quantitative estimate of drug-likeness (QED) is 0.824. The Hall–Kier alpha value is -1.14. The molecule has 5 nitrogen and oxygen atoms in total. The molecule has 18 heavy (non-hydrogen) atoms. The van der Waals surface area contributed by atoms with E-state index in [2.05, 4.69) is 4.98 Å². The predicted molar refractivity (Wildman–Crippen MR) is 64.5 cm³/mol. The molecule has 0 radical (unpaired) electrons. The zero-order valence-electron chi connectivity index (χ0n) is 9.96. The van der Waals surface area contributed by atoms with E-state index in [1.807, 2.05) is 6.92 Å². The van der Waals surface area contributed by atoms with Crippen LogP contribution in [0, 0.1) is 11.2 Å². The summed E-state index contributed by atoms with van der Waals surface area (Å²) in [6.45, 7) is 3.28. The van der Waals surface area contributed by atoms with E-state index in [1.54, 1.807) is 0 Å². The van der Waals surface area contributed by atoms with Crippen LogP contribution in [0.4, 0.5) is 4.39 Å². The minimum Gasteiger partial charge on any atom is -0.381 e. The van der Waals surface area contributed by atoms with Crippen LogP contribution in [0.15, 0.2) is 9.59 Å². The van der Waals surface area contributed by atoms with Gasteiger partial charge in [0.2, 0.25) is 5.82 Å². The van der Waals surface area contributed by atoms with Crippen LogP contribution < -0.4 is 11.2 Å². The predicted octanol–water partition coefficient (Wildman–Crippen LogP) is 1.15. The van der Waals surface area contributed by atoms with Crippen LogP contribution >= 0.6 is 11.6 Å². The van der Waals surface area contributed by atoms with Gasteiger partial charge in [-0.2, -0.15) is 4.39 Å². The molecule has 1 fully saturated rings. The van der Waals surface area contributed by atoms with Crippen LogP contribution in [0.25, 0.3) is 0 Å². The molecule has 0 bridgehead atoms. The molecule has 0 unspecified atom stereocenters. The molecule has 7 heteroatoms. The molecule has 1 saturated heterocycles. The largest absolute Gasteiger partial charge is 0.381 e. The van der Waals surface area contributed by atoms with Gasteiger partial charge in [-0.3, -0.25) is 14.3 Å². The first-order valence-electron chi connectivity index (χ1n) is 5.69. The van der Waals surface area contributed by atoms with Crippen molar-refractivity contribution in [2.24, 2.45) is 5.41 Å². The van der Waals surface area contributed by atoms with Gasteiger partial charge < -0.3 is 4.74 Å². The maximum Gasteiger partial charge on any atom is 0.329 e. The van der Waals surface area contributed by atoms with Gasteiger partial charge in [-0.25, -0.2) is 4.79 Å². The molecular formula is C11H14ClFN2O3. The smallest absolute Gasteiger partial charge is 0.329 e. The molecule has 2 rings (SSSR count). The van der Waals surface area contributed by atoms with Crippen molar-refractivity contribution < 1.29 is 9.13 Å². The summed E-state index contributed by atoms with van der Waals surface area (Å²) >= 11 is 5.40. The summed E-state index contributed by atoms with van der Waals surface area (Å²) in [6.07, 6.45) is 1.45. The molecule has 1 aromatic heterocycles. The average Bonchev–Trinajstić information content (AvgIpc) is 2.33. The summed E-state index contributed by atoms with van der Waals surface area (Å²) < 4.78 is 19.5. The number of rotatable bonds is 2. The monoisotopic (exact) mass is 276 g/mol. The number of hydrogen-bond acceptors (Lipinski definition) is 3. The van der Waals surface area contributed by atoms with Gasteiger partial charge in [0.1, 0.15) is 0 Å². The summed E-state index contributed by atoms with van der Waals surface area (Å²) in [6, 6.07) is 0. The molecule has 2 heterocycles. The molecule has 1 N–H and O–H groups in total. The number of nitrogens with one attached hydrogen (secondary N) is 1. The second-order valence-electron chi connectivity index (χ2n) is 4.87. The Balaban J connectivity index is 2.38. The first-order valence-corrected chi connectivity index (χ1v) is 6.07. The maximum atomic E-state index is 13.4. The molecule has 0 spiro atoms. The van der Waals surface area contributed by atoms with Crippen LogP contribution in [-0.4, -0.2) is 22.8 Å². The van der Waals surface area contributed by atoms with Gasteiger partial charge in [0.15, 0.2) is 5.15 Å². The molecular weight excluding hydrogens is 263 g/mol. The Kier molecular flexibility index (Phi) is 3.59. The maximum absolute atomic E-state index is 13.4. The Bertz CT molecular complexity index is 560. The normalized spacial score (nSPS) is 18.8. The van der Waals surface area contributed by atoms with Crippen molar-refractivity contribution in [2.75, 3.05) is 13.2 Å². The van der Waals surface area contributed by atoms with E-state index < -0.39 is 22.2 Å². The van der Waals surface area contributed by atoms with E-state index >= 15 is 0 Å². The molecule has 100 valence electrons. The van der Waals surface area contributed by atoms with Crippen LogP contribution in [0.2, 0.25) is 5.15 Å². The van der Waals surface area contributed by atoms with E-state index in [0.29, 0.717) is 13.2 Å². The SMILES string of the molecule is CC1(Cn2c(=O)[nH]c(Cl)c(F)c2=O)CCOCC1. The Morgan fingerprint density at radius 1 is 1.44 bits per heavy atom. The number of ether oxygens (including phenoxy) is 1. The highest BCUT2D eigenvalue weighted by molar-refractivity contribution is 6.29. The summed E-state index contributed by atoms with van der Waals surface area (Å²) in [5, 5.41) is -0.543. The van der Waals surface area contributed by atoms with Crippen molar-refractivity contribution >= 4 is 11.6 Å². The van der Waals surface area contributed by atoms with Gasteiger partial charge in [-0.15, -0.1) is 0 Å². The zero-order valence-corrected chi connectivity index (χ0v) is 10.7. The third-order valence-electron chi connectivity index (χ3n) is 3.33. The Morgan fingerprint density at radius 3 is 2.67 bits per heavy atom. The number of halogens is 2. The minimum atomic E-state index is -1.12. The molecule has 0 aliphatic carbocycles. The summed E-state index contributed by atoms with van der Waals surface area (Å²) in [4.78, 5) is 25.5. The third kappa shape index (κ3) is 2.49. The van der Waals surface area contributed by atoms with Crippen LogP contribution in [-0.2, 0) is 11.3 Å². The fourth-order valence-electron chi connectivity index (χ4n) is 2.07. The lowest BCUT2D eigenvalue weighted by molar-refractivity contribution is 0.0143. The van der Waals surface area contributed by atoms with Crippen molar-refractivity contribution in [1.29, 1.82) is 0 Å². The van der Waals surface area contributed by atoms with Gasteiger partial charge in [0.25, 0.3) is 5.56 Å². The summed E-state index contributed by atoms with van der Waals surface area (Å²) in [5.74, 6) is -1.12. The lowest BCUT2D eigenvalue weighted by Crippen LogP contribution is -2.43. The number of aromatic amines is 1. The van der Waals surface area contributed by atoms with Crippen molar-refractivity contribution in [2.45, 2.75) is 26.3 Å². The van der Waals surface area contributed by atoms with Crippen LogP contribution in [0.1, 0.15) is 19.8 Å². The van der Waals surface area contributed by atoms with E-state index in [1.165, 1.54) is 0 Å². The van der Waals surface area contributed by atoms with Gasteiger partial charge in [-0.1, -0.05) is 18.5 Å². The van der Waals surface area contributed by atoms with E-state index in [9.17, 15) is 14.0 Å². The van der Waals surface area contributed by atoms with Gasteiger partial charge in [0, 0.05) is 19.8 Å². The highest BCUT2D eigenvalue weighted by atomic mass is 35.5. The fourth-order valence-corrected chi connectivity index (χ4v) is 2.23. The average molecular weight is 277 g/mol. The van der Waals surface area contributed by atoms with Crippen molar-refractivity contribution in [3.8, 4) is 0 Å². The lowest BCUT2D eigenvalue weighted by Gasteiger charge is -2.33. The number of nitrogens with zero attached hydrogens (tertiary/aromatic N) is 1. The molecule has 0 atom stereocenters. The van der Waals surface area contributed by atoms with Crippen LogP contribution in [0.5, 0.6) is 0 Å². The molecule has 1 aliphatic rings. The highest BCUT2D eigenvalue weighted by Crippen LogP contribution is 2.30. The van der Waals surface area contributed by atoms with E-state index in [0.717, 1.165) is 17.4 Å².